The van der Waals surface area contributed by atoms with E-state index in [1.54, 1.807) is 35.9 Å². The zero-order chi connectivity index (χ0) is 30.3. The molecule has 0 aliphatic carbocycles. The number of carbonyl (C=O) groups is 1. The maximum atomic E-state index is 13.1. The number of halogens is 2. The summed E-state index contributed by atoms with van der Waals surface area (Å²) in [6.45, 7) is 2.19. The predicted octanol–water partition coefficient (Wildman–Crippen LogP) is 5.83. The highest BCUT2D eigenvalue weighted by molar-refractivity contribution is 7.22. The average molecular weight is 643 g/mol. The second kappa shape index (κ2) is 11.6. The fourth-order valence-corrected chi connectivity index (χ4v) is 6.61. The van der Waals surface area contributed by atoms with Gasteiger partial charge in [0, 0.05) is 42.1 Å². The quantitative estimate of drug-likeness (QED) is 0.191. The summed E-state index contributed by atoms with van der Waals surface area (Å²) in [5.41, 5.74) is 3.25. The van der Waals surface area contributed by atoms with E-state index in [1.807, 2.05) is 30.6 Å². The Kier molecular flexibility index (Phi) is 7.81. The van der Waals surface area contributed by atoms with Gasteiger partial charge in [0.25, 0.3) is 11.8 Å². The zero-order valence-corrected chi connectivity index (χ0v) is 25.4. The normalized spacial score (nSPS) is 12.6. The molecule has 0 bridgehead atoms. The molecule has 4 heterocycles. The summed E-state index contributed by atoms with van der Waals surface area (Å²) in [5, 5.41) is 20.5. The second-order valence-corrected chi connectivity index (χ2v) is 12.7. The fourth-order valence-electron chi connectivity index (χ4n) is 4.11. The number of hydrogen-bond acceptors (Lipinski definition) is 11. The molecule has 0 radical (unpaired) electrons. The van der Waals surface area contributed by atoms with Crippen LogP contribution in [0.3, 0.4) is 0 Å². The molecule has 43 heavy (non-hydrogen) atoms. The average Bonchev–Trinajstić information content (AvgIpc) is 3.77. The Morgan fingerprint density at radius 3 is 2.65 bits per heavy atom. The molecule has 4 aromatic heterocycles. The molecule has 10 nitrogen and oxygen atoms in total. The topological polar surface area (TPSA) is 124 Å². The molecule has 2 N–H and O–H groups in total. The number of carbonyl (C=O) groups excluding carboxylic acids is 1. The van der Waals surface area contributed by atoms with Crippen LogP contribution in [0.1, 0.15) is 28.0 Å². The van der Waals surface area contributed by atoms with Crippen molar-refractivity contribution in [2.45, 2.75) is 32.5 Å². The summed E-state index contributed by atoms with van der Waals surface area (Å²) in [6, 6.07) is 10.3. The summed E-state index contributed by atoms with van der Waals surface area (Å²) < 4.78 is 40.6. The lowest BCUT2D eigenvalue weighted by Gasteiger charge is -2.18. The van der Waals surface area contributed by atoms with Crippen LogP contribution in [0.15, 0.2) is 48.0 Å². The Morgan fingerprint density at radius 1 is 1.14 bits per heavy atom. The van der Waals surface area contributed by atoms with E-state index in [2.05, 4.69) is 20.4 Å². The number of fused-ring (bicyclic) bond motifs is 2. The Morgan fingerprint density at radius 2 is 1.93 bits per heavy atom. The van der Waals surface area contributed by atoms with E-state index in [-0.39, 0.29) is 12.2 Å². The number of benzene rings is 2. The van der Waals surface area contributed by atoms with Gasteiger partial charge in [-0.15, -0.1) is 22.7 Å². The maximum Gasteiger partial charge on any atom is 0.272 e. The van der Waals surface area contributed by atoms with Gasteiger partial charge in [-0.2, -0.15) is 5.10 Å². The number of aliphatic hydroxyl groups is 1. The van der Waals surface area contributed by atoms with Crippen molar-refractivity contribution in [3.63, 3.8) is 0 Å². The van der Waals surface area contributed by atoms with Crippen molar-refractivity contribution >= 4 is 55.1 Å². The largest absolute Gasteiger partial charge is 0.497 e. The van der Waals surface area contributed by atoms with E-state index in [0.29, 0.717) is 24.1 Å². The highest BCUT2D eigenvalue weighted by Crippen LogP contribution is 2.39. The van der Waals surface area contributed by atoms with Crippen LogP contribution >= 0.6 is 34.0 Å². The van der Waals surface area contributed by atoms with E-state index in [9.17, 15) is 18.7 Å². The number of rotatable bonds is 10. The molecule has 0 saturated heterocycles. The Balaban J connectivity index is 1.15. The minimum absolute atomic E-state index is 0.209. The minimum Gasteiger partial charge on any atom is -0.497 e. The number of aryl methyl sites for hydroxylation is 1. The van der Waals surface area contributed by atoms with Crippen LogP contribution in [0.5, 0.6) is 11.5 Å². The highest BCUT2D eigenvalue weighted by Gasteiger charge is 2.32. The Bertz CT molecular complexity index is 1890. The summed E-state index contributed by atoms with van der Waals surface area (Å²) >= 11 is 4.41. The number of ether oxygens (including phenoxy) is 2. The lowest BCUT2D eigenvalue weighted by atomic mass is 10.1. The number of amides is 1. The number of aromatic nitrogens is 5. The van der Waals surface area contributed by atoms with Gasteiger partial charge in [-0.1, -0.05) is 23.5 Å². The molecule has 0 aliphatic heterocycles. The molecule has 0 saturated carbocycles. The molecular formula is C28H24F2N6O4S3. The molecule has 1 atom stereocenters. The molecule has 6 rings (SSSR count). The van der Waals surface area contributed by atoms with Crippen LogP contribution in [-0.4, -0.2) is 61.3 Å². The van der Waals surface area contributed by atoms with E-state index in [0.717, 1.165) is 41.5 Å². The van der Waals surface area contributed by atoms with Crippen LogP contribution in [0.4, 0.5) is 8.78 Å². The van der Waals surface area contributed by atoms with Crippen LogP contribution < -0.4 is 14.8 Å². The molecule has 222 valence electrons. The molecule has 15 heteroatoms. The standard InChI is InChI=1S/C28H24F2N6O4S3/c1-14-35-36-11-20(34-27(36)42-14)26-33-19-8-18(39-3)9-21(23(19)43-26)40-12-17-13-41-25(32-17)16-6-4-15(5-7-16)24(38)31-10-22(37)28(2,29)30/h4-9,11,13,22,37H,10,12H2,1-3H3,(H,31,38). The maximum absolute atomic E-state index is 13.1. The number of imidazole rings is 1. The lowest BCUT2D eigenvalue weighted by molar-refractivity contribution is -0.0901. The smallest absolute Gasteiger partial charge is 0.272 e. The summed E-state index contributed by atoms with van der Waals surface area (Å²) in [7, 11) is 1.59. The molecule has 0 aliphatic rings. The van der Waals surface area contributed by atoms with Gasteiger partial charge in [-0.3, -0.25) is 4.79 Å². The van der Waals surface area contributed by atoms with Crippen molar-refractivity contribution in [2.75, 3.05) is 13.7 Å². The number of aliphatic hydroxyl groups excluding tert-OH is 1. The van der Waals surface area contributed by atoms with Gasteiger partial charge in [0.15, 0.2) is 0 Å². The monoisotopic (exact) mass is 642 g/mol. The predicted molar refractivity (Wildman–Crippen MR) is 162 cm³/mol. The summed E-state index contributed by atoms with van der Waals surface area (Å²) in [6.07, 6.45) is -0.101. The molecule has 0 spiro atoms. The molecular weight excluding hydrogens is 619 g/mol. The number of nitrogens with one attached hydrogen (secondary N) is 1. The van der Waals surface area contributed by atoms with Gasteiger partial charge >= 0.3 is 0 Å². The van der Waals surface area contributed by atoms with Crippen LogP contribution in [0.25, 0.3) is 36.5 Å². The highest BCUT2D eigenvalue weighted by atomic mass is 32.1. The van der Waals surface area contributed by atoms with Crippen LogP contribution in [-0.2, 0) is 6.61 Å². The van der Waals surface area contributed by atoms with Crippen LogP contribution in [0, 0.1) is 6.92 Å². The van der Waals surface area contributed by atoms with Crippen molar-refractivity contribution in [2.24, 2.45) is 0 Å². The van der Waals surface area contributed by atoms with Crippen molar-refractivity contribution in [1.82, 2.24) is 29.9 Å². The first-order valence-electron chi connectivity index (χ1n) is 12.9. The first-order valence-corrected chi connectivity index (χ1v) is 15.4. The van der Waals surface area contributed by atoms with Gasteiger partial charge in [-0.25, -0.2) is 28.2 Å². The first kappa shape index (κ1) is 29.0. The number of hydrogen-bond donors (Lipinski definition) is 2. The minimum atomic E-state index is -3.30. The zero-order valence-electron chi connectivity index (χ0n) is 23.0. The number of nitrogens with zero attached hydrogens (tertiary/aromatic N) is 5. The summed E-state index contributed by atoms with van der Waals surface area (Å²) in [4.78, 5) is 27.2. The van der Waals surface area contributed by atoms with Crippen molar-refractivity contribution in [1.29, 1.82) is 0 Å². The third-order valence-corrected chi connectivity index (χ3v) is 9.28. The van der Waals surface area contributed by atoms with E-state index < -0.39 is 24.5 Å². The summed E-state index contributed by atoms with van der Waals surface area (Å²) in [5.74, 6) is -2.63. The van der Waals surface area contributed by atoms with E-state index in [4.69, 9.17) is 14.5 Å². The molecule has 2 aromatic carbocycles. The molecule has 6 aromatic rings. The van der Waals surface area contributed by atoms with Gasteiger partial charge in [0.2, 0.25) is 4.96 Å². The Labute approximate surface area is 255 Å². The second-order valence-electron chi connectivity index (χ2n) is 9.66. The third-order valence-electron chi connectivity index (χ3n) is 6.39. The van der Waals surface area contributed by atoms with Crippen LogP contribution in [0.2, 0.25) is 0 Å². The van der Waals surface area contributed by atoms with Gasteiger partial charge < -0.3 is 19.9 Å². The van der Waals surface area contributed by atoms with E-state index in [1.165, 1.54) is 34.0 Å². The number of thiazole rings is 2. The molecule has 1 amide bonds. The number of alkyl halides is 2. The van der Waals surface area contributed by atoms with E-state index >= 15 is 0 Å². The number of methoxy groups -OCH3 is 1. The lowest BCUT2D eigenvalue weighted by Crippen LogP contribution is -2.41. The SMILES string of the molecule is COc1cc(OCc2csc(-c3ccc(C(=O)NCC(O)C(C)(F)F)cc3)n2)c2sc(-c3cn4nc(C)sc4n3)nc2c1. The van der Waals surface area contributed by atoms with Crippen molar-refractivity contribution in [3.05, 3.63) is 64.2 Å². The van der Waals surface area contributed by atoms with Gasteiger partial charge in [0.1, 0.15) is 44.9 Å². The first-order chi connectivity index (χ1) is 20.6. The van der Waals surface area contributed by atoms with Gasteiger partial charge in [-0.05, 0) is 19.1 Å². The fraction of sp³-hybridized carbons (Fsp3) is 0.250. The Hall–Kier alpha value is -4.05. The van der Waals surface area contributed by atoms with Crippen molar-refractivity contribution in [3.8, 4) is 32.8 Å². The third kappa shape index (κ3) is 6.20. The van der Waals surface area contributed by atoms with Crippen molar-refractivity contribution < 1.29 is 28.2 Å². The molecule has 1 unspecified atom stereocenters. The van der Waals surface area contributed by atoms with Gasteiger partial charge in [0.05, 0.1) is 29.2 Å². The molecule has 0 fully saturated rings.